The molecule has 3 amide bonds. The van der Waals surface area contributed by atoms with Crippen molar-refractivity contribution in [3.8, 4) is 0 Å². The Bertz CT molecular complexity index is 757. The van der Waals surface area contributed by atoms with Crippen LogP contribution >= 0.6 is 0 Å². The lowest BCUT2D eigenvalue weighted by molar-refractivity contribution is -0.136. The van der Waals surface area contributed by atoms with Gasteiger partial charge in [-0.05, 0) is 36.5 Å². The maximum atomic E-state index is 12.6. The van der Waals surface area contributed by atoms with Gasteiger partial charge in [-0.2, -0.15) is 0 Å². The van der Waals surface area contributed by atoms with Crippen molar-refractivity contribution in [1.29, 1.82) is 0 Å². The monoisotopic (exact) mass is 342 g/mol. The first-order valence-corrected chi connectivity index (χ1v) is 8.73. The Morgan fingerprint density at radius 2 is 2.08 bits per heavy atom. The number of nitrogens with one attached hydrogen (secondary N) is 2. The molecule has 2 heterocycles. The molecule has 1 saturated carbocycles. The summed E-state index contributed by atoms with van der Waals surface area (Å²) in [4.78, 5) is 37.6. The van der Waals surface area contributed by atoms with Crippen molar-refractivity contribution < 1.29 is 14.4 Å². The van der Waals surface area contributed by atoms with Crippen LogP contribution in [0.25, 0.3) is 0 Å². The summed E-state index contributed by atoms with van der Waals surface area (Å²) in [5.41, 5.74) is 8.57. The number of rotatable bonds is 5. The fraction of sp³-hybridized carbons (Fsp3) is 0.500. The molecular formula is C18H22N4O3. The van der Waals surface area contributed by atoms with E-state index in [0.717, 1.165) is 30.5 Å². The number of hydrogen-bond donors (Lipinski definition) is 3. The van der Waals surface area contributed by atoms with Gasteiger partial charge in [-0.25, -0.2) is 0 Å². The van der Waals surface area contributed by atoms with Crippen LogP contribution in [0.15, 0.2) is 18.2 Å². The van der Waals surface area contributed by atoms with Gasteiger partial charge in [0.15, 0.2) is 0 Å². The number of hydrogen-bond acceptors (Lipinski definition) is 5. The molecule has 0 bridgehead atoms. The predicted octanol–water partition coefficient (Wildman–Crippen LogP) is 0.0285. The second kappa shape index (κ2) is 5.93. The van der Waals surface area contributed by atoms with Crippen molar-refractivity contribution in [2.45, 2.75) is 50.4 Å². The number of benzene rings is 1. The van der Waals surface area contributed by atoms with Crippen LogP contribution in [-0.2, 0) is 22.7 Å². The van der Waals surface area contributed by atoms with Crippen LogP contribution < -0.4 is 16.4 Å². The van der Waals surface area contributed by atoms with Crippen molar-refractivity contribution in [1.82, 2.24) is 15.5 Å². The first-order valence-electron chi connectivity index (χ1n) is 8.73. The summed E-state index contributed by atoms with van der Waals surface area (Å²) in [5.74, 6) is -0.782. The van der Waals surface area contributed by atoms with Crippen molar-refractivity contribution in [2.24, 2.45) is 5.73 Å². The van der Waals surface area contributed by atoms with Crippen molar-refractivity contribution in [3.63, 3.8) is 0 Å². The van der Waals surface area contributed by atoms with Gasteiger partial charge in [-0.1, -0.05) is 12.1 Å². The molecule has 1 saturated heterocycles. The molecule has 4 N–H and O–H groups in total. The normalized spacial score (nSPS) is 24.3. The second-order valence-corrected chi connectivity index (χ2v) is 7.23. The van der Waals surface area contributed by atoms with Crippen molar-refractivity contribution in [3.05, 3.63) is 34.9 Å². The van der Waals surface area contributed by atoms with Gasteiger partial charge in [0, 0.05) is 37.2 Å². The standard InChI is InChI=1S/C18H22N4O3/c19-10-18(5-6-18)20-8-11-1-2-13-12(7-11)9-22(17(13)25)14-3-4-15(23)21-16(14)24/h1-2,7,14,20H,3-6,8-10,19H2,(H,21,23,24). The van der Waals surface area contributed by atoms with E-state index in [4.69, 9.17) is 5.73 Å². The zero-order valence-electron chi connectivity index (χ0n) is 14.0. The summed E-state index contributed by atoms with van der Waals surface area (Å²) in [5, 5.41) is 5.82. The Hall–Kier alpha value is -2.25. The number of imide groups is 1. The number of carbonyl (C=O) groups excluding carboxylic acids is 3. The third-order valence-corrected chi connectivity index (χ3v) is 5.50. The molecule has 0 spiro atoms. The summed E-state index contributed by atoms with van der Waals surface area (Å²) in [6.45, 7) is 1.77. The number of nitrogens with two attached hydrogens (primary N) is 1. The summed E-state index contributed by atoms with van der Waals surface area (Å²) in [6, 6.07) is 5.25. The first kappa shape index (κ1) is 16.2. The fourth-order valence-corrected chi connectivity index (χ4v) is 3.63. The molecule has 2 aliphatic heterocycles. The highest BCUT2D eigenvalue weighted by atomic mass is 16.2. The average Bonchev–Trinajstić information content (AvgIpc) is 3.32. The van der Waals surface area contributed by atoms with Gasteiger partial charge >= 0.3 is 0 Å². The second-order valence-electron chi connectivity index (χ2n) is 7.23. The smallest absolute Gasteiger partial charge is 0.255 e. The Labute approximate surface area is 145 Å². The van der Waals surface area contributed by atoms with Gasteiger partial charge in [-0.3, -0.25) is 19.7 Å². The molecule has 3 aliphatic rings. The number of amides is 3. The molecule has 7 heteroatoms. The van der Waals surface area contributed by atoms with Gasteiger partial charge < -0.3 is 16.0 Å². The van der Waals surface area contributed by atoms with E-state index in [2.05, 4.69) is 10.6 Å². The number of carbonyl (C=O) groups is 3. The lowest BCUT2D eigenvalue weighted by Crippen LogP contribution is -2.52. The molecule has 1 aromatic carbocycles. The quantitative estimate of drug-likeness (QED) is 0.655. The van der Waals surface area contributed by atoms with E-state index in [1.54, 1.807) is 4.90 Å². The summed E-state index contributed by atoms with van der Waals surface area (Å²) >= 11 is 0. The summed E-state index contributed by atoms with van der Waals surface area (Å²) in [7, 11) is 0. The molecule has 0 radical (unpaired) electrons. The van der Waals surface area contributed by atoms with E-state index in [1.165, 1.54) is 0 Å². The third-order valence-electron chi connectivity index (χ3n) is 5.50. The minimum Gasteiger partial charge on any atom is -0.329 e. The Morgan fingerprint density at radius 3 is 2.76 bits per heavy atom. The van der Waals surface area contributed by atoms with E-state index in [-0.39, 0.29) is 29.7 Å². The highest BCUT2D eigenvalue weighted by Gasteiger charge is 2.41. The van der Waals surface area contributed by atoms with Crippen LogP contribution in [-0.4, -0.2) is 40.7 Å². The summed E-state index contributed by atoms with van der Waals surface area (Å²) < 4.78 is 0. The minimum absolute atomic E-state index is 0.0909. The molecule has 4 rings (SSSR count). The van der Waals surface area contributed by atoms with E-state index >= 15 is 0 Å². The lowest BCUT2D eigenvalue weighted by Gasteiger charge is -2.29. The van der Waals surface area contributed by atoms with Gasteiger partial charge in [-0.15, -0.1) is 0 Å². The Morgan fingerprint density at radius 1 is 1.28 bits per heavy atom. The molecule has 132 valence electrons. The topological polar surface area (TPSA) is 105 Å². The molecule has 25 heavy (non-hydrogen) atoms. The molecule has 1 unspecified atom stereocenters. The van der Waals surface area contributed by atoms with Gasteiger partial charge in [0.05, 0.1) is 0 Å². The molecule has 1 aliphatic carbocycles. The van der Waals surface area contributed by atoms with E-state index in [1.807, 2.05) is 18.2 Å². The molecule has 7 nitrogen and oxygen atoms in total. The maximum absolute atomic E-state index is 12.6. The number of fused-ring (bicyclic) bond motifs is 1. The third kappa shape index (κ3) is 2.94. The van der Waals surface area contributed by atoms with Crippen LogP contribution in [0.4, 0.5) is 0 Å². The Kier molecular flexibility index (Phi) is 3.85. The highest BCUT2D eigenvalue weighted by molar-refractivity contribution is 6.05. The Balaban J connectivity index is 1.47. The number of nitrogens with zero attached hydrogens (tertiary/aromatic N) is 1. The predicted molar refractivity (Wildman–Crippen MR) is 90.3 cm³/mol. The molecule has 0 aromatic heterocycles. The molecule has 1 atom stereocenters. The SMILES string of the molecule is NCC1(NCc2ccc3c(c2)CN(C2CCC(=O)NC2=O)C3=O)CC1. The van der Waals surface area contributed by atoms with Gasteiger partial charge in [0.25, 0.3) is 5.91 Å². The largest absolute Gasteiger partial charge is 0.329 e. The zero-order valence-corrected chi connectivity index (χ0v) is 14.0. The van der Waals surface area contributed by atoms with Crippen LogP contribution in [0.2, 0.25) is 0 Å². The highest BCUT2D eigenvalue weighted by Crippen LogP contribution is 2.34. The molecule has 2 fully saturated rings. The van der Waals surface area contributed by atoms with Crippen molar-refractivity contribution in [2.75, 3.05) is 6.54 Å². The van der Waals surface area contributed by atoms with Gasteiger partial charge in [0.2, 0.25) is 11.8 Å². The van der Waals surface area contributed by atoms with Crippen LogP contribution in [0.1, 0.15) is 47.2 Å². The minimum atomic E-state index is -0.564. The molecule has 1 aromatic rings. The van der Waals surface area contributed by atoms with Crippen LogP contribution in [0, 0.1) is 0 Å². The maximum Gasteiger partial charge on any atom is 0.255 e. The van der Waals surface area contributed by atoms with Crippen LogP contribution in [0.3, 0.4) is 0 Å². The summed E-state index contributed by atoms with van der Waals surface area (Å²) in [6.07, 6.45) is 2.87. The van der Waals surface area contributed by atoms with Gasteiger partial charge in [0.1, 0.15) is 6.04 Å². The molecular weight excluding hydrogens is 320 g/mol. The van der Waals surface area contributed by atoms with E-state index in [0.29, 0.717) is 25.1 Å². The average molecular weight is 342 g/mol. The number of piperidine rings is 1. The van der Waals surface area contributed by atoms with E-state index < -0.39 is 6.04 Å². The fourth-order valence-electron chi connectivity index (χ4n) is 3.63. The first-order chi connectivity index (χ1) is 12.0. The zero-order chi connectivity index (χ0) is 17.6. The van der Waals surface area contributed by atoms with E-state index in [9.17, 15) is 14.4 Å². The lowest BCUT2D eigenvalue weighted by atomic mass is 10.0. The van der Waals surface area contributed by atoms with Crippen molar-refractivity contribution >= 4 is 17.7 Å². The van der Waals surface area contributed by atoms with Crippen LogP contribution in [0.5, 0.6) is 0 Å².